The maximum atomic E-state index is 13.1. The molecular weight excluding hydrogens is 358 g/mol. The fraction of sp³-hybridized carbons (Fsp3) is 0.200. The minimum atomic E-state index is -0.131. The van der Waals surface area contributed by atoms with Crippen LogP contribution in [0.1, 0.15) is 29.1 Å². The Morgan fingerprint density at radius 1 is 1.15 bits per heavy atom. The molecule has 0 fully saturated rings. The summed E-state index contributed by atoms with van der Waals surface area (Å²) in [6.45, 7) is 3.27. The number of amides is 1. The first-order valence-electron chi connectivity index (χ1n) is 8.85. The van der Waals surface area contributed by atoms with Crippen molar-refractivity contribution in [3.63, 3.8) is 0 Å². The van der Waals surface area contributed by atoms with Crippen LogP contribution in [0.25, 0.3) is 21.6 Å². The predicted molar refractivity (Wildman–Crippen MR) is 105 cm³/mol. The predicted octanol–water partition coefficient (Wildman–Crippen LogP) is 3.77. The van der Waals surface area contributed by atoms with Crippen LogP contribution < -0.4 is 0 Å². The van der Waals surface area contributed by atoms with Crippen molar-refractivity contribution in [2.24, 2.45) is 0 Å². The van der Waals surface area contributed by atoms with E-state index in [0.717, 1.165) is 21.6 Å². The first-order chi connectivity index (χ1) is 13.2. The van der Waals surface area contributed by atoms with Crippen molar-refractivity contribution >= 4 is 27.5 Å². The van der Waals surface area contributed by atoms with Gasteiger partial charge in [-0.05, 0) is 25.1 Å². The largest absolute Gasteiger partial charge is 0.327 e. The molecule has 1 amide bonds. The molecule has 7 heteroatoms. The summed E-state index contributed by atoms with van der Waals surface area (Å²) in [5.74, 6) is 1.55. The molecule has 0 N–H and O–H groups in total. The van der Waals surface area contributed by atoms with Crippen LogP contribution in [0.5, 0.6) is 0 Å². The Hall–Kier alpha value is -3.06. The lowest BCUT2D eigenvalue weighted by molar-refractivity contribution is 0.0631. The summed E-state index contributed by atoms with van der Waals surface area (Å²) in [4.78, 5) is 24.0. The fourth-order valence-electron chi connectivity index (χ4n) is 3.50. The molecule has 4 aromatic rings. The molecule has 0 unspecified atom stereocenters. The zero-order valence-electron chi connectivity index (χ0n) is 14.7. The molecule has 0 aliphatic carbocycles. The molecule has 0 bridgehead atoms. The van der Waals surface area contributed by atoms with Crippen LogP contribution in [0.3, 0.4) is 0 Å². The van der Waals surface area contributed by atoms with Gasteiger partial charge in [0.2, 0.25) is 0 Å². The molecule has 2 aromatic carbocycles. The van der Waals surface area contributed by atoms with Crippen molar-refractivity contribution < 1.29 is 4.79 Å². The maximum absolute atomic E-state index is 13.1. The number of aromatic nitrogens is 4. The monoisotopic (exact) mass is 375 g/mol. The van der Waals surface area contributed by atoms with Gasteiger partial charge in [0.1, 0.15) is 5.82 Å². The molecule has 0 spiro atoms. The van der Waals surface area contributed by atoms with E-state index in [4.69, 9.17) is 4.98 Å². The number of benzene rings is 2. The van der Waals surface area contributed by atoms with E-state index in [9.17, 15) is 4.79 Å². The van der Waals surface area contributed by atoms with Crippen LogP contribution in [0.15, 0.2) is 54.0 Å². The van der Waals surface area contributed by atoms with Gasteiger partial charge in [0.05, 0.1) is 28.3 Å². The minimum absolute atomic E-state index is 0.0216. The number of hydrogen-bond acceptors (Lipinski definition) is 5. The summed E-state index contributed by atoms with van der Waals surface area (Å²) >= 11 is 1.55. The Morgan fingerprint density at radius 2 is 2.00 bits per heavy atom. The number of carbonyl (C=O) groups is 1. The number of nitrogens with zero attached hydrogens (tertiary/aromatic N) is 5. The average Bonchev–Trinajstić information content (AvgIpc) is 3.35. The van der Waals surface area contributed by atoms with Crippen LogP contribution >= 0.6 is 11.3 Å². The van der Waals surface area contributed by atoms with Gasteiger partial charge in [-0.25, -0.2) is 14.6 Å². The highest BCUT2D eigenvalue weighted by molar-refractivity contribution is 7.16. The number of thiazole rings is 1. The molecule has 5 rings (SSSR count). The summed E-state index contributed by atoms with van der Waals surface area (Å²) in [6, 6.07) is 15.5. The maximum Gasteiger partial charge on any atom is 0.254 e. The van der Waals surface area contributed by atoms with Crippen molar-refractivity contribution in [1.29, 1.82) is 0 Å². The number of hydrogen-bond donors (Lipinski definition) is 0. The van der Waals surface area contributed by atoms with Gasteiger partial charge in [-0.1, -0.05) is 30.3 Å². The molecule has 3 heterocycles. The van der Waals surface area contributed by atoms with Gasteiger partial charge in [-0.3, -0.25) is 4.79 Å². The number of carbonyl (C=O) groups excluding carboxylic acids is 1. The summed E-state index contributed by atoms with van der Waals surface area (Å²) < 4.78 is 2.95. The van der Waals surface area contributed by atoms with E-state index >= 15 is 0 Å². The molecule has 1 aliphatic rings. The molecular formula is C20H17N5OS. The van der Waals surface area contributed by atoms with E-state index < -0.39 is 0 Å². The zero-order chi connectivity index (χ0) is 18.4. The third-order valence-corrected chi connectivity index (χ3v) is 5.76. The third kappa shape index (κ3) is 2.71. The minimum Gasteiger partial charge on any atom is -0.327 e. The molecule has 134 valence electrons. The van der Waals surface area contributed by atoms with Crippen LogP contribution in [-0.2, 0) is 6.54 Å². The van der Waals surface area contributed by atoms with E-state index in [1.54, 1.807) is 16.8 Å². The van der Waals surface area contributed by atoms with Gasteiger partial charge in [0.25, 0.3) is 5.91 Å². The topological polar surface area (TPSA) is 63.9 Å². The summed E-state index contributed by atoms with van der Waals surface area (Å²) in [5, 5.41) is 4.63. The quantitative estimate of drug-likeness (QED) is 0.535. The van der Waals surface area contributed by atoms with Crippen molar-refractivity contribution in [2.75, 3.05) is 6.54 Å². The molecule has 1 aliphatic heterocycles. The SMILES string of the molecule is C[C@H]1c2nc(-c3ccccc3)nn2CCN1C(=O)c1ccc2ncsc2c1. The second kappa shape index (κ2) is 6.28. The Labute approximate surface area is 160 Å². The Kier molecular flexibility index (Phi) is 3.75. The second-order valence-corrected chi connectivity index (χ2v) is 7.48. The molecule has 0 saturated heterocycles. The summed E-state index contributed by atoms with van der Waals surface area (Å²) in [6.07, 6.45) is 0. The summed E-state index contributed by atoms with van der Waals surface area (Å²) in [5.41, 5.74) is 4.40. The molecule has 0 radical (unpaired) electrons. The lowest BCUT2D eigenvalue weighted by atomic mass is 10.1. The lowest BCUT2D eigenvalue weighted by Gasteiger charge is -2.33. The fourth-order valence-corrected chi connectivity index (χ4v) is 4.22. The van der Waals surface area contributed by atoms with E-state index in [0.29, 0.717) is 24.5 Å². The van der Waals surface area contributed by atoms with E-state index in [2.05, 4.69) is 10.1 Å². The van der Waals surface area contributed by atoms with Crippen LogP contribution in [-0.4, -0.2) is 37.1 Å². The molecule has 0 saturated carbocycles. The van der Waals surface area contributed by atoms with Crippen molar-refractivity contribution in [3.05, 3.63) is 65.4 Å². The zero-order valence-corrected chi connectivity index (χ0v) is 15.6. The number of rotatable bonds is 2. The Balaban J connectivity index is 1.46. The third-order valence-electron chi connectivity index (χ3n) is 4.97. The molecule has 6 nitrogen and oxygen atoms in total. The van der Waals surface area contributed by atoms with E-state index in [1.165, 1.54) is 0 Å². The normalized spacial score (nSPS) is 16.5. The summed E-state index contributed by atoms with van der Waals surface area (Å²) in [7, 11) is 0. The van der Waals surface area contributed by atoms with Gasteiger partial charge in [0, 0.05) is 17.7 Å². The van der Waals surface area contributed by atoms with Crippen molar-refractivity contribution in [2.45, 2.75) is 19.5 Å². The van der Waals surface area contributed by atoms with Gasteiger partial charge in [-0.2, -0.15) is 5.10 Å². The number of fused-ring (bicyclic) bond motifs is 2. The highest BCUT2D eigenvalue weighted by Crippen LogP contribution is 2.28. The standard InChI is InChI=1S/C20H17N5OS/c1-13-19-22-18(14-5-3-2-4-6-14)23-25(19)10-9-24(13)20(26)15-7-8-16-17(11-15)27-12-21-16/h2-8,11-13H,9-10H2,1H3/t13-/m0/s1. The van der Waals surface area contributed by atoms with Crippen LogP contribution in [0.2, 0.25) is 0 Å². The van der Waals surface area contributed by atoms with Crippen LogP contribution in [0.4, 0.5) is 0 Å². The van der Waals surface area contributed by atoms with Crippen molar-refractivity contribution in [3.8, 4) is 11.4 Å². The average molecular weight is 375 g/mol. The Bertz CT molecular complexity index is 1130. The van der Waals surface area contributed by atoms with E-state index in [1.807, 2.05) is 65.0 Å². The second-order valence-electron chi connectivity index (χ2n) is 6.59. The van der Waals surface area contributed by atoms with Gasteiger partial charge in [0.15, 0.2) is 5.82 Å². The van der Waals surface area contributed by atoms with Gasteiger partial charge >= 0.3 is 0 Å². The Morgan fingerprint density at radius 3 is 2.85 bits per heavy atom. The first-order valence-corrected chi connectivity index (χ1v) is 9.73. The van der Waals surface area contributed by atoms with Crippen molar-refractivity contribution in [1.82, 2.24) is 24.6 Å². The van der Waals surface area contributed by atoms with Crippen LogP contribution in [0, 0.1) is 0 Å². The molecule has 1 atom stereocenters. The van der Waals surface area contributed by atoms with Gasteiger partial charge in [-0.15, -0.1) is 11.3 Å². The van der Waals surface area contributed by atoms with Gasteiger partial charge < -0.3 is 4.90 Å². The highest BCUT2D eigenvalue weighted by Gasteiger charge is 2.31. The highest BCUT2D eigenvalue weighted by atomic mass is 32.1. The molecule has 27 heavy (non-hydrogen) atoms. The molecule has 2 aromatic heterocycles. The lowest BCUT2D eigenvalue weighted by Crippen LogP contribution is -2.41. The van der Waals surface area contributed by atoms with E-state index in [-0.39, 0.29) is 11.9 Å². The smallest absolute Gasteiger partial charge is 0.254 e. The first kappa shape index (κ1) is 16.1.